The molecule has 0 fully saturated rings. The van der Waals surface area contributed by atoms with Crippen LogP contribution in [0.3, 0.4) is 0 Å². The van der Waals surface area contributed by atoms with Crippen LogP contribution in [0.1, 0.15) is 27.2 Å². The van der Waals surface area contributed by atoms with Crippen LogP contribution in [0.2, 0.25) is 0 Å². The second-order valence-corrected chi connectivity index (χ2v) is 4.36. The number of aliphatic hydroxyl groups is 1. The van der Waals surface area contributed by atoms with Crippen molar-refractivity contribution in [2.45, 2.75) is 32.8 Å². The van der Waals surface area contributed by atoms with Crippen LogP contribution in [0.25, 0.3) is 0 Å². The van der Waals surface area contributed by atoms with E-state index >= 15 is 0 Å². The molecule has 0 aromatic heterocycles. The fourth-order valence-corrected chi connectivity index (χ4v) is 0.735. The van der Waals surface area contributed by atoms with Crippen LogP contribution < -0.4 is 0 Å². The third-order valence-corrected chi connectivity index (χ3v) is 1.27. The van der Waals surface area contributed by atoms with Gasteiger partial charge in [-0.25, -0.2) is 0 Å². The van der Waals surface area contributed by atoms with E-state index in [0.29, 0.717) is 0 Å². The van der Waals surface area contributed by atoms with Crippen LogP contribution in [-0.2, 0) is 17.4 Å². The minimum atomic E-state index is -0.500. The molecule has 0 aromatic rings. The van der Waals surface area contributed by atoms with Crippen LogP contribution in [0.4, 0.5) is 0 Å². The molecular weight excluding hydrogens is 246 g/mol. The van der Waals surface area contributed by atoms with Gasteiger partial charge in [0, 0.05) is 0 Å². The van der Waals surface area contributed by atoms with Crippen molar-refractivity contribution in [3.8, 4) is 0 Å². The Morgan fingerprint density at radius 3 is 1.77 bits per heavy atom. The molecule has 0 aromatic carbocycles. The van der Waals surface area contributed by atoms with Gasteiger partial charge in [0.25, 0.3) is 0 Å². The van der Waals surface area contributed by atoms with Crippen molar-refractivity contribution >= 4 is 24.8 Å². The fraction of sp³-hybridized carbons (Fsp3) is 0.556. The van der Waals surface area contributed by atoms with Crippen molar-refractivity contribution in [2.24, 2.45) is 0 Å². The predicted molar refractivity (Wildman–Crippen MR) is 58.3 cm³/mol. The second kappa shape index (κ2) is 9.17. The Morgan fingerprint density at radius 2 is 1.69 bits per heavy atom. The second-order valence-electron chi connectivity index (χ2n) is 3.46. The molecule has 0 unspecified atom stereocenters. The zero-order valence-corrected chi connectivity index (χ0v) is 11.2. The van der Waals surface area contributed by atoms with E-state index in [2.05, 4.69) is 35.7 Å². The molecule has 1 aliphatic rings. The van der Waals surface area contributed by atoms with E-state index in [0.717, 1.165) is 6.42 Å². The van der Waals surface area contributed by atoms with Gasteiger partial charge in [-0.1, -0.05) is 0 Å². The molecule has 0 atom stereocenters. The molecule has 1 aliphatic carbocycles. The van der Waals surface area contributed by atoms with E-state index in [1.165, 1.54) is 4.28 Å². The first kappa shape index (κ1) is 19.2. The zero-order chi connectivity index (χ0) is 8.91. The van der Waals surface area contributed by atoms with E-state index in [-0.39, 0.29) is 24.8 Å². The van der Waals surface area contributed by atoms with Crippen LogP contribution >= 0.6 is 24.8 Å². The first-order valence-corrected chi connectivity index (χ1v) is 4.36. The average molecular weight is 263 g/mol. The van der Waals surface area contributed by atoms with Crippen molar-refractivity contribution in [1.82, 2.24) is 0 Å². The van der Waals surface area contributed by atoms with E-state index < -0.39 is 5.60 Å². The Morgan fingerprint density at radius 1 is 1.31 bits per heavy atom. The molecule has 0 heterocycles. The molecule has 13 heavy (non-hydrogen) atoms. The predicted octanol–water partition coefficient (Wildman–Crippen LogP) is 3.00. The first-order chi connectivity index (χ1) is 4.89. The quantitative estimate of drug-likeness (QED) is 0.712. The van der Waals surface area contributed by atoms with Crippen molar-refractivity contribution in [3.63, 3.8) is 0 Å². The van der Waals surface area contributed by atoms with Gasteiger partial charge in [0.2, 0.25) is 0 Å². The molecule has 4 heteroatoms. The summed E-state index contributed by atoms with van der Waals surface area (Å²) in [6.45, 7) is 5.23. The number of hydrogen-bond acceptors (Lipinski definition) is 1. The summed E-state index contributed by atoms with van der Waals surface area (Å²) in [5.74, 6) is 0. The van der Waals surface area contributed by atoms with Gasteiger partial charge in [0.1, 0.15) is 0 Å². The Labute approximate surface area is 102 Å². The SMILES string of the molecule is CC(C)(C)O.Cl.Cl.[V][C]1=CC=CC1. The van der Waals surface area contributed by atoms with Crippen molar-refractivity contribution in [1.29, 1.82) is 0 Å². The molecule has 0 saturated heterocycles. The summed E-state index contributed by atoms with van der Waals surface area (Å²) < 4.78 is 1.41. The van der Waals surface area contributed by atoms with Crippen molar-refractivity contribution < 1.29 is 22.5 Å². The Bertz CT molecular complexity index is 165. The normalized spacial score (nSPS) is 13.1. The van der Waals surface area contributed by atoms with Crippen LogP contribution in [0, 0.1) is 0 Å². The summed E-state index contributed by atoms with van der Waals surface area (Å²) in [6, 6.07) is 0. The summed E-state index contributed by atoms with van der Waals surface area (Å²) in [4.78, 5) is 0. The summed E-state index contributed by atoms with van der Waals surface area (Å²) >= 11 is 2.54. The number of allylic oxidation sites excluding steroid dienone is 4. The van der Waals surface area contributed by atoms with Gasteiger partial charge in [-0.05, 0) is 20.8 Å². The minimum absolute atomic E-state index is 0. The molecule has 0 radical (unpaired) electrons. The van der Waals surface area contributed by atoms with Crippen LogP contribution in [-0.4, -0.2) is 10.7 Å². The number of halogens is 2. The van der Waals surface area contributed by atoms with Gasteiger partial charge in [-0.3, -0.25) is 0 Å². The van der Waals surface area contributed by atoms with E-state index in [9.17, 15) is 0 Å². The van der Waals surface area contributed by atoms with Gasteiger partial charge in [-0.15, -0.1) is 24.8 Å². The van der Waals surface area contributed by atoms with E-state index in [1.54, 1.807) is 20.8 Å². The zero-order valence-electron chi connectivity index (χ0n) is 8.15. The van der Waals surface area contributed by atoms with Gasteiger partial charge in [0.05, 0.1) is 5.60 Å². The Balaban J connectivity index is -0.000000136. The van der Waals surface area contributed by atoms with Crippen LogP contribution in [0.15, 0.2) is 22.5 Å². The molecule has 0 bridgehead atoms. The molecule has 78 valence electrons. The van der Waals surface area contributed by atoms with Crippen molar-refractivity contribution in [3.05, 3.63) is 22.5 Å². The third kappa shape index (κ3) is 24.5. The van der Waals surface area contributed by atoms with E-state index in [4.69, 9.17) is 5.11 Å². The first-order valence-electron chi connectivity index (χ1n) is 3.66. The topological polar surface area (TPSA) is 20.2 Å². The van der Waals surface area contributed by atoms with E-state index in [1.807, 2.05) is 0 Å². The summed E-state index contributed by atoms with van der Waals surface area (Å²) in [5.41, 5.74) is -0.500. The van der Waals surface area contributed by atoms with Crippen LogP contribution in [0.5, 0.6) is 0 Å². The number of rotatable bonds is 0. The molecular formula is C9H17Cl2OV. The molecule has 1 N–H and O–H groups in total. The molecule has 0 spiro atoms. The number of hydrogen-bond donors (Lipinski definition) is 1. The maximum atomic E-state index is 8.52. The fourth-order valence-electron chi connectivity index (χ4n) is 0.436. The molecule has 0 amide bonds. The summed E-state index contributed by atoms with van der Waals surface area (Å²) in [7, 11) is 0. The molecule has 0 aliphatic heterocycles. The van der Waals surface area contributed by atoms with Gasteiger partial charge in [-0.2, -0.15) is 0 Å². The van der Waals surface area contributed by atoms with Gasteiger partial charge >= 0.3 is 46.4 Å². The molecule has 0 saturated carbocycles. The van der Waals surface area contributed by atoms with Gasteiger partial charge in [0.15, 0.2) is 0 Å². The van der Waals surface area contributed by atoms with Gasteiger partial charge < -0.3 is 5.11 Å². The summed E-state index contributed by atoms with van der Waals surface area (Å²) in [5, 5.41) is 8.52. The Kier molecular flexibility index (Phi) is 13.6. The van der Waals surface area contributed by atoms with Crippen molar-refractivity contribution in [2.75, 3.05) is 0 Å². The molecule has 1 nitrogen and oxygen atoms in total. The third-order valence-electron chi connectivity index (χ3n) is 0.752. The average Bonchev–Trinajstić information content (AvgIpc) is 2.12. The molecule has 1 rings (SSSR count). The Hall–Kier alpha value is 0.604. The monoisotopic (exact) mass is 262 g/mol. The maximum absolute atomic E-state index is 8.52. The summed E-state index contributed by atoms with van der Waals surface area (Å²) in [6.07, 6.45) is 7.47. The standard InChI is InChI=1S/C5H5.C4H10O.2ClH.V/c1-2-4-5-3-1;1-4(2,3)5;;;/h1-3H,4H2;5H,1-3H3;2*1H;.